The highest BCUT2D eigenvalue weighted by Crippen LogP contribution is 2.05. The summed E-state index contributed by atoms with van der Waals surface area (Å²) in [6, 6.07) is 5.84. The molecule has 3 N–H and O–H groups in total. The van der Waals surface area contributed by atoms with Gasteiger partial charge in [-0.05, 0) is 6.07 Å². The van der Waals surface area contributed by atoms with Crippen LogP contribution in [0.1, 0.15) is 11.3 Å². The molecule has 0 aliphatic carbocycles. The van der Waals surface area contributed by atoms with Crippen molar-refractivity contribution in [1.82, 2.24) is 14.8 Å². The van der Waals surface area contributed by atoms with Crippen molar-refractivity contribution < 1.29 is 0 Å². The molecular formula is C11H10N4O2S. The van der Waals surface area contributed by atoms with Crippen LogP contribution in [0.15, 0.2) is 40.1 Å². The van der Waals surface area contributed by atoms with Crippen molar-refractivity contribution in [2.45, 2.75) is 6.54 Å². The Balaban J connectivity index is 2.46. The SMILES string of the molecule is NC(=S)c1ncccc1Cn1[nH]c(=O)ccc1=O. The zero-order valence-corrected chi connectivity index (χ0v) is 10.1. The second-order valence-electron chi connectivity index (χ2n) is 3.61. The fraction of sp³-hybridized carbons (Fsp3) is 0.0909. The number of aromatic nitrogens is 3. The molecule has 18 heavy (non-hydrogen) atoms. The summed E-state index contributed by atoms with van der Waals surface area (Å²) in [6.45, 7) is 0.162. The average molecular weight is 262 g/mol. The molecule has 0 unspecified atom stereocenters. The van der Waals surface area contributed by atoms with Crippen LogP contribution in [0.2, 0.25) is 0 Å². The van der Waals surface area contributed by atoms with Crippen LogP contribution < -0.4 is 16.9 Å². The lowest BCUT2D eigenvalue weighted by molar-refractivity contribution is 0.625. The number of pyridine rings is 1. The first-order valence-corrected chi connectivity index (χ1v) is 5.52. The number of nitrogens with two attached hydrogens (primary N) is 1. The minimum absolute atomic E-state index is 0.150. The summed E-state index contributed by atoms with van der Waals surface area (Å²) in [5.74, 6) is 0. The van der Waals surface area contributed by atoms with E-state index in [0.29, 0.717) is 11.3 Å². The third-order valence-electron chi connectivity index (χ3n) is 2.34. The Morgan fingerprint density at radius 3 is 2.89 bits per heavy atom. The van der Waals surface area contributed by atoms with Gasteiger partial charge in [-0.25, -0.2) is 4.68 Å². The van der Waals surface area contributed by atoms with Crippen molar-refractivity contribution in [2.75, 3.05) is 0 Å². The predicted molar refractivity (Wildman–Crippen MR) is 70.5 cm³/mol. The molecule has 0 fully saturated rings. The maximum absolute atomic E-state index is 11.6. The number of hydrogen-bond donors (Lipinski definition) is 2. The molecule has 2 rings (SSSR count). The molecular weight excluding hydrogens is 252 g/mol. The van der Waals surface area contributed by atoms with Crippen LogP contribution in [0.3, 0.4) is 0 Å². The number of nitrogens with one attached hydrogen (secondary N) is 1. The molecule has 0 bridgehead atoms. The topological polar surface area (TPSA) is 93.8 Å². The lowest BCUT2D eigenvalue weighted by Gasteiger charge is -2.08. The highest BCUT2D eigenvalue weighted by atomic mass is 32.1. The first-order valence-electron chi connectivity index (χ1n) is 5.12. The largest absolute Gasteiger partial charge is 0.388 e. The summed E-state index contributed by atoms with van der Waals surface area (Å²) in [7, 11) is 0. The molecule has 0 atom stereocenters. The van der Waals surface area contributed by atoms with Crippen LogP contribution in [0.4, 0.5) is 0 Å². The Morgan fingerprint density at radius 2 is 2.17 bits per heavy atom. The number of thiocarbonyl (C=S) groups is 1. The van der Waals surface area contributed by atoms with Gasteiger partial charge >= 0.3 is 0 Å². The van der Waals surface area contributed by atoms with Gasteiger partial charge in [0.1, 0.15) is 10.7 Å². The van der Waals surface area contributed by atoms with Gasteiger partial charge in [-0.15, -0.1) is 0 Å². The normalized spacial score (nSPS) is 10.2. The molecule has 0 saturated heterocycles. The van der Waals surface area contributed by atoms with E-state index < -0.39 is 0 Å². The fourth-order valence-corrected chi connectivity index (χ4v) is 1.72. The lowest BCUT2D eigenvalue weighted by Crippen LogP contribution is -2.29. The van der Waals surface area contributed by atoms with E-state index in [4.69, 9.17) is 18.0 Å². The van der Waals surface area contributed by atoms with Crippen molar-refractivity contribution >= 4 is 17.2 Å². The molecule has 0 aromatic carbocycles. The van der Waals surface area contributed by atoms with Crippen molar-refractivity contribution in [2.24, 2.45) is 5.73 Å². The Kier molecular flexibility index (Phi) is 3.33. The molecule has 92 valence electrons. The number of hydrogen-bond acceptors (Lipinski definition) is 4. The van der Waals surface area contributed by atoms with E-state index in [2.05, 4.69) is 10.1 Å². The Bertz CT molecular complexity index is 704. The van der Waals surface area contributed by atoms with E-state index in [1.165, 1.54) is 16.8 Å². The first kappa shape index (κ1) is 12.2. The standard InChI is InChI=1S/C11H10N4O2S/c12-11(18)10-7(2-1-5-13-10)6-15-9(17)4-3-8(16)14-15/h1-5H,6H2,(H2,12,18)(H,14,16). The maximum Gasteiger partial charge on any atom is 0.265 e. The van der Waals surface area contributed by atoms with Gasteiger partial charge in [0.25, 0.3) is 11.1 Å². The zero-order valence-electron chi connectivity index (χ0n) is 9.29. The van der Waals surface area contributed by atoms with E-state index in [9.17, 15) is 9.59 Å². The van der Waals surface area contributed by atoms with E-state index in [-0.39, 0.29) is 22.7 Å². The molecule has 0 saturated carbocycles. The number of rotatable bonds is 3. The molecule has 7 heteroatoms. The molecule has 2 aromatic rings. The van der Waals surface area contributed by atoms with Crippen LogP contribution in [-0.4, -0.2) is 19.8 Å². The molecule has 6 nitrogen and oxygen atoms in total. The third kappa shape index (κ3) is 2.51. The Labute approximate surface area is 107 Å². The second-order valence-corrected chi connectivity index (χ2v) is 4.05. The molecule has 0 aliphatic heterocycles. The molecule has 0 aliphatic rings. The summed E-state index contributed by atoms with van der Waals surface area (Å²) in [5, 5.41) is 2.43. The van der Waals surface area contributed by atoms with E-state index in [0.717, 1.165) is 0 Å². The second kappa shape index (κ2) is 4.92. The lowest BCUT2D eigenvalue weighted by atomic mass is 10.2. The summed E-state index contributed by atoms with van der Waals surface area (Å²) >= 11 is 4.88. The van der Waals surface area contributed by atoms with Gasteiger partial charge in [-0.3, -0.25) is 19.7 Å². The predicted octanol–water partition coefficient (Wildman–Crippen LogP) is -0.386. The molecule has 2 heterocycles. The summed E-state index contributed by atoms with van der Waals surface area (Å²) < 4.78 is 1.18. The van der Waals surface area contributed by atoms with Crippen molar-refractivity contribution in [3.8, 4) is 0 Å². The highest BCUT2D eigenvalue weighted by Gasteiger charge is 2.07. The summed E-state index contributed by atoms with van der Waals surface area (Å²) in [6.07, 6.45) is 1.56. The van der Waals surface area contributed by atoms with Crippen LogP contribution >= 0.6 is 12.2 Å². The summed E-state index contributed by atoms with van der Waals surface area (Å²) in [4.78, 5) is 26.9. The van der Waals surface area contributed by atoms with E-state index in [1.54, 1.807) is 18.3 Å². The molecule has 0 amide bonds. The van der Waals surface area contributed by atoms with Gasteiger partial charge in [0, 0.05) is 23.9 Å². The molecule has 0 radical (unpaired) electrons. The van der Waals surface area contributed by atoms with Crippen LogP contribution in [0, 0.1) is 0 Å². The minimum Gasteiger partial charge on any atom is -0.388 e. The smallest absolute Gasteiger partial charge is 0.265 e. The van der Waals surface area contributed by atoms with Gasteiger partial charge in [-0.2, -0.15) is 0 Å². The highest BCUT2D eigenvalue weighted by molar-refractivity contribution is 7.80. The van der Waals surface area contributed by atoms with Gasteiger partial charge in [0.2, 0.25) is 0 Å². The van der Waals surface area contributed by atoms with Crippen LogP contribution in [-0.2, 0) is 6.54 Å². The molecule has 0 spiro atoms. The zero-order chi connectivity index (χ0) is 13.1. The van der Waals surface area contributed by atoms with Crippen molar-refractivity contribution in [3.63, 3.8) is 0 Å². The number of nitrogens with zero attached hydrogens (tertiary/aromatic N) is 2. The summed E-state index contributed by atoms with van der Waals surface area (Å²) in [5.41, 5.74) is 6.00. The van der Waals surface area contributed by atoms with E-state index in [1.807, 2.05) is 0 Å². The monoisotopic (exact) mass is 262 g/mol. The Morgan fingerprint density at radius 1 is 1.39 bits per heavy atom. The fourth-order valence-electron chi connectivity index (χ4n) is 1.54. The van der Waals surface area contributed by atoms with E-state index >= 15 is 0 Å². The first-order chi connectivity index (χ1) is 8.58. The Hall–Kier alpha value is -2.28. The van der Waals surface area contributed by atoms with Gasteiger partial charge in [0.05, 0.1) is 6.54 Å². The van der Waals surface area contributed by atoms with Crippen LogP contribution in [0.5, 0.6) is 0 Å². The maximum atomic E-state index is 11.6. The van der Waals surface area contributed by atoms with Gasteiger partial charge in [-0.1, -0.05) is 18.3 Å². The molecule has 2 aromatic heterocycles. The van der Waals surface area contributed by atoms with Gasteiger partial charge in [0.15, 0.2) is 0 Å². The average Bonchev–Trinajstić information content (AvgIpc) is 2.34. The minimum atomic E-state index is -0.352. The van der Waals surface area contributed by atoms with Gasteiger partial charge < -0.3 is 5.73 Å². The van der Waals surface area contributed by atoms with Crippen LogP contribution in [0.25, 0.3) is 0 Å². The third-order valence-corrected chi connectivity index (χ3v) is 2.53. The quantitative estimate of drug-likeness (QED) is 0.735. The van der Waals surface area contributed by atoms with Crippen molar-refractivity contribution in [3.05, 3.63) is 62.4 Å². The number of H-pyrrole nitrogens is 1. The van der Waals surface area contributed by atoms with Crippen molar-refractivity contribution in [1.29, 1.82) is 0 Å². The number of aromatic amines is 1.